The van der Waals surface area contributed by atoms with Crippen LogP contribution in [0.3, 0.4) is 0 Å². The molecule has 0 aliphatic heterocycles. The maximum absolute atomic E-state index is 12.0. The average Bonchev–Trinajstić information content (AvgIpc) is 2.64. The summed E-state index contributed by atoms with van der Waals surface area (Å²) < 4.78 is 0. The number of phenolic OH excluding ortho intramolecular Hbond substituents is 1. The number of hydrogen-bond donors (Lipinski definition) is 4. The lowest BCUT2D eigenvalue weighted by Gasteiger charge is -2.09. The number of nitrogens with one attached hydrogen (secondary N) is 3. The van der Waals surface area contributed by atoms with Crippen LogP contribution in [0, 0.1) is 0 Å². The molecule has 6 nitrogen and oxygen atoms in total. The van der Waals surface area contributed by atoms with Gasteiger partial charge in [0, 0.05) is 28.8 Å². The van der Waals surface area contributed by atoms with E-state index < -0.39 is 11.8 Å². The maximum atomic E-state index is 12.0. The van der Waals surface area contributed by atoms with Crippen molar-refractivity contribution >= 4 is 34.6 Å². The molecule has 0 aliphatic carbocycles. The van der Waals surface area contributed by atoms with E-state index >= 15 is 0 Å². The molecule has 0 aromatic heterocycles. The smallest absolute Gasteiger partial charge is 0.314 e. The van der Waals surface area contributed by atoms with Crippen LogP contribution < -0.4 is 16.0 Å². The van der Waals surface area contributed by atoms with E-state index in [1.54, 1.807) is 36.4 Å². The summed E-state index contributed by atoms with van der Waals surface area (Å²) in [5.74, 6) is -1.61. The number of phenols is 1. The van der Waals surface area contributed by atoms with Crippen LogP contribution in [-0.2, 0) is 9.59 Å². The van der Waals surface area contributed by atoms with Gasteiger partial charge in [-0.1, -0.05) is 24.3 Å². The lowest BCUT2D eigenvalue weighted by molar-refractivity contribution is -0.132. The Bertz CT molecular complexity index is 909. The van der Waals surface area contributed by atoms with Gasteiger partial charge in [-0.25, -0.2) is 0 Å². The Morgan fingerprint density at radius 1 is 0.615 bits per heavy atom. The van der Waals surface area contributed by atoms with Crippen molar-refractivity contribution in [3.05, 3.63) is 78.9 Å². The second-order valence-electron chi connectivity index (χ2n) is 5.53. The van der Waals surface area contributed by atoms with E-state index in [1.807, 2.05) is 30.3 Å². The summed E-state index contributed by atoms with van der Waals surface area (Å²) in [4.78, 5) is 23.9. The fourth-order valence-corrected chi connectivity index (χ4v) is 2.28. The molecule has 6 heteroatoms. The van der Waals surface area contributed by atoms with Crippen molar-refractivity contribution < 1.29 is 14.7 Å². The van der Waals surface area contributed by atoms with Crippen LogP contribution in [0.15, 0.2) is 78.9 Å². The normalized spacial score (nSPS) is 10.0. The van der Waals surface area contributed by atoms with Gasteiger partial charge in [0.1, 0.15) is 5.75 Å². The summed E-state index contributed by atoms with van der Waals surface area (Å²) in [5.41, 5.74) is 2.65. The molecular formula is C20H17N3O3. The first-order valence-electron chi connectivity index (χ1n) is 7.94. The van der Waals surface area contributed by atoms with Gasteiger partial charge in [-0.2, -0.15) is 0 Å². The van der Waals surface area contributed by atoms with Gasteiger partial charge in [-0.05, 0) is 48.5 Å². The number of para-hydroxylation sites is 1. The molecule has 3 rings (SSSR count). The highest BCUT2D eigenvalue weighted by Crippen LogP contribution is 2.19. The van der Waals surface area contributed by atoms with Gasteiger partial charge in [-0.15, -0.1) is 0 Å². The van der Waals surface area contributed by atoms with Gasteiger partial charge in [-0.3, -0.25) is 9.59 Å². The first kappa shape index (κ1) is 17.0. The molecule has 0 radical (unpaired) electrons. The Labute approximate surface area is 150 Å². The first-order chi connectivity index (χ1) is 12.6. The van der Waals surface area contributed by atoms with Crippen molar-refractivity contribution in [3.8, 4) is 5.75 Å². The fourth-order valence-electron chi connectivity index (χ4n) is 2.28. The number of carbonyl (C=O) groups excluding carboxylic acids is 2. The second kappa shape index (κ2) is 7.85. The van der Waals surface area contributed by atoms with Crippen LogP contribution >= 0.6 is 0 Å². The molecule has 130 valence electrons. The highest BCUT2D eigenvalue weighted by Gasteiger charge is 2.14. The fraction of sp³-hybridized carbons (Fsp3) is 0. The molecule has 4 N–H and O–H groups in total. The zero-order chi connectivity index (χ0) is 18.4. The Morgan fingerprint density at radius 2 is 1.15 bits per heavy atom. The van der Waals surface area contributed by atoms with Crippen molar-refractivity contribution in [2.75, 3.05) is 16.0 Å². The number of benzene rings is 3. The molecule has 0 heterocycles. The van der Waals surface area contributed by atoms with E-state index in [0.29, 0.717) is 11.4 Å². The number of rotatable bonds is 4. The van der Waals surface area contributed by atoms with Crippen molar-refractivity contribution in [2.24, 2.45) is 0 Å². The summed E-state index contributed by atoms with van der Waals surface area (Å²) in [7, 11) is 0. The molecule has 0 atom stereocenters. The van der Waals surface area contributed by atoms with Crippen LogP contribution in [0.2, 0.25) is 0 Å². The van der Waals surface area contributed by atoms with Crippen LogP contribution in [0.25, 0.3) is 0 Å². The van der Waals surface area contributed by atoms with Gasteiger partial charge >= 0.3 is 11.8 Å². The van der Waals surface area contributed by atoms with Gasteiger partial charge in [0.15, 0.2) is 0 Å². The van der Waals surface area contributed by atoms with Gasteiger partial charge < -0.3 is 21.1 Å². The predicted octanol–water partition coefficient (Wildman–Crippen LogP) is 3.71. The molecule has 0 spiro atoms. The van der Waals surface area contributed by atoms with E-state index in [9.17, 15) is 14.7 Å². The maximum Gasteiger partial charge on any atom is 0.314 e. The summed E-state index contributed by atoms with van der Waals surface area (Å²) in [6.07, 6.45) is 0. The summed E-state index contributed by atoms with van der Waals surface area (Å²) in [6, 6.07) is 22.7. The third-order valence-electron chi connectivity index (χ3n) is 3.52. The average molecular weight is 347 g/mol. The molecule has 0 unspecified atom stereocenters. The molecule has 0 fully saturated rings. The highest BCUT2D eigenvalue weighted by atomic mass is 16.3. The van der Waals surface area contributed by atoms with Gasteiger partial charge in [0.05, 0.1) is 0 Å². The quantitative estimate of drug-likeness (QED) is 0.542. The Kier molecular flexibility index (Phi) is 5.14. The molecule has 3 aromatic carbocycles. The van der Waals surface area contributed by atoms with E-state index in [2.05, 4.69) is 16.0 Å². The molecular weight excluding hydrogens is 330 g/mol. The minimum atomic E-state index is -0.818. The molecule has 3 aromatic rings. The van der Waals surface area contributed by atoms with E-state index in [4.69, 9.17) is 0 Å². The van der Waals surface area contributed by atoms with Crippen molar-refractivity contribution in [1.29, 1.82) is 0 Å². The summed E-state index contributed by atoms with van der Waals surface area (Å²) >= 11 is 0. The predicted molar refractivity (Wildman–Crippen MR) is 102 cm³/mol. The van der Waals surface area contributed by atoms with E-state index in [-0.39, 0.29) is 5.75 Å². The number of anilines is 4. The highest BCUT2D eigenvalue weighted by molar-refractivity contribution is 6.43. The minimum absolute atomic E-state index is 0.00436. The van der Waals surface area contributed by atoms with Crippen LogP contribution in [-0.4, -0.2) is 16.9 Å². The van der Waals surface area contributed by atoms with E-state index in [0.717, 1.165) is 11.4 Å². The molecule has 2 amide bonds. The lowest BCUT2D eigenvalue weighted by Crippen LogP contribution is -2.29. The minimum Gasteiger partial charge on any atom is -0.508 e. The molecule has 0 aliphatic rings. The molecule has 26 heavy (non-hydrogen) atoms. The number of hydrogen-bond acceptors (Lipinski definition) is 4. The standard InChI is InChI=1S/C20H17N3O3/c24-18-8-4-7-17(13-18)23-20(26)19(25)22-16-11-9-15(10-12-16)21-14-5-2-1-3-6-14/h1-13,21,24H,(H,22,25)(H,23,26). The zero-order valence-corrected chi connectivity index (χ0v) is 13.8. The molecule has 0 saturated heterocycles. The summed E-state index contributed by atoms with van der Waals surface area (Å²) in [5, 5.41) is 17.6. The van der Waals surface area contributed by atoms with Gasteiger partial charge in [0.2, 0.25) is 0 Å². The zero-order valence-electron chi connectivity index (χ0n) is 13.8. The Hall–Kier alpha value is -3.80. The Balaban J connectivity index is 1.58. The van der Waals surface area contributed by atoms with Gasteiger partial charge in [0.25, 0.3) is 0 Å². The summed E-state index contributed by atoms with van der Waals surface area (Å²) in [6.45, 7) is 0. The van der Waals surface area contributed by atoms with Crippen LogP contribution in [0.1, 0.15) is 0 Å². The number of aromatic hydroxyl groups is 1. The van der Waals surface area contributed by atoms with Crippen molar-refractivity contribution in [2.45, 2.75) is 0 Å². The van der Waals surface area contributed by atoms with Crippen LogP contribution in [0.5, 0.6) is 5.75 Å². The third-order valence-corrected chi connectivity index (χ3v) is 3.52. The van der Waals surface area contributed by atoms with Crippen molar-refractivity contribution in [3.63, 3.8) is 0 Å². The Morgan fingerprint density at radius 3 is 1.81 bits per heavy atom. The molecule has 0 bridgehead atoms. The lowest BCUT2D eigenvalue weighted by atomic mass is 10.2. The number of carbonyl (C=O) groups is 2. The number of amides is 2. The largest absolute Gasteiger partial charge is 0.508 e. The molecule has 0 saturated carbocycles. The topological polar surface area (TPSA) is 90.5 Å². The van der Waals surface area contributed by atoms with Crippen LogP contribution in [0.4, 0.5) is 22.7 Å². The SMILES string of the molecule is O=C(Nc1ccc(Nc2ccccc2)cc1)C(=O)Nc1cccc(O)c1. The van der Waals surface area contributed by atoms with Crippen molar-refractivity contribution in [1.82, 2.24) is 0 Å². The second-order valence-corrected chi connectivity index (χ2v) is 5.53. The first-order valence-corrected chi connectivity index (χ1v) is 7.94. The third kappa shape index (κ3) is 4.61. The monoisotopic (exact) mass is 347 g/mol. The van der Waals surface area contributed by atoms with E-state index in [1.165, 1.54) is 12.1 Å².